The molecule has 0 aromatic heterocycles. The van der Waals surface area contributed by atoms with E-state index in [1.165, 1.54) is 128 Å². The molecular weight excluding hydrogens is 757 g/mol. The van der Waals surface area contributed by atoms with E-state index in [2.05, 4.69) is 62.5 Å². The molecule has 60 heavy (non-hydrogen) atoms. The van der Waals surface area contributed by atoms with Gasteiger partial charge in [-0.3, -0.25) is 4.79 Å². The van der Waals surface area contributed by atoms with E-state index in [9.17, 15) is 25.2 Å². The summed E-state index contributed by atoms with van der Waals surface area (Å²) in [6, 6.07) is 0. The van der Waals surface area contributed by atoms with Gasteiger partial charge in [-0.05, 0) is 64.2 Å². The van der Waals surface area contributed by atoms with Crippen molar-refractivity contribution in [3.63, 3.8) is 0 Å². The summed E-state index contributed by atoms with van der Waals surface area (Å²) in [6.45, 7) is 4.36. The van der Waals surface area contributed by atoms with Crippen LogP contribution in [0, 0.1) is 0 Å². The maximum absolute atomic E-state index is 12.7. The normalized spacial score (nSPS) is 20.5. The maximum Gasteiger partial charge on any atom is 0.306 e. The number of ether oxygens (including phenoxy) is 4. The predicted molar refractivity (Wildman–Crippen MR) is 247 cm³/mol. The first kappa shape index (κ1) is 55.9. The summed E-state index contributed by atoms with van der Waals surface area (Å²) in [4.78, 5) is 12.7. The number of aliphatic hydroxyl groups excluding tert-OH is 4. The van der Waals surface area contributed by atoms with Crippen LogP contribution in [0.25, 0.3) is 0 Å². The van der Waals surface area contributed by atoms with E-state index in [-0.39, 0.29) is 19.6 Å². The number of aliphatic hydroxyl groups is 4. The summed E-state index contributed by atoms with van der Waals surface area (Å²) < 4.78 is 22.7. The Labute approximate surface area is 366 Å². The third-order valence-corrected chi connectivity index (χ3v) is 10.9. The van der Waals surface area contributed by atoms with Gasteiger partial charge in [0, 0.05) is 13.0 Å². The van der Waals surface area contributed by atoms with Crippen LogP contribution in [0.15, 0.2) is 60.8 Å². The predicted octanol–water partition coefficient (Wildman–Crippen LogP) is 11.5. The minimum absolute atomic E-state index is 0.114. The molecule has 0 amide bonds. The molecule has 0 radical (unpaired) electrons. The Morgan fingerprint density at radius 1 is 0.550 bits per heavy atom. The second-order valence-corrected chi connectivity index (χ2v) is 16.5. The summed E-state index contributed by atoms with van der Waals surface area (Å²) in [5.74, 6) is -0.393. The van der Waals surface area contributed by atoms with E-state index in [4.69, 9.17) is 18.9 Å². The number of unbranched alkanes of at least 4 members (excludes halogenated alkanes) is 20. The van der Waals surface area contributed by atoms with E-state index in [1.807, 2.05) is 12.2 Å². The zero-order valence-corrected chi connectivity index (χ0v) is 38.2. The number of hydrogen-bond donors (Lipinski definition) is 4. The van der Waals surface area contributed by atoms with Gasteiger partial charge in [0.05, 0.1) is 19.8 Å². The molecule has 1 heterocycles. The van der Waals surface area contributed by atoms with Gasteiger partial charge in [0.1, 0.15) is 30.5 Å². The first-order chi connectivity index (χ1) is 29.4. The van der Waals surface area contributed by atoms with Crippen LogP contribution in [0.3, 0.4) is 0 Å². The molecule has 0 saturated carbocycles. The molecule has 0 aromatic rings. The lowest BCUT2D eigenvalue weighted by Gasteiger charge is -2.39. The molecule has 1 aliphatic heterocycles. The molecule has 9 heteroatoms. The zero-order chi connectivity index (χ0) is 43.6. The largest absolute Gasteiger partial charge is 0.457 e. The molecule has 0 bridgehead atoms. The van der Waals surface area contributed by atoms with Crippen molar-refractivity contribution < 1.29 is 44.2 Å². The molecule has 6 unspecified atom stereocenters. The van der Waals surface area contributed by atoms with Crippen LogP contribution in [0.4, 0.5) is 0 Å². The lowest BCUT2D eigenvalue weighted by atomic mass is 9.99. The van der Waals surface area contributed by atoms with Crippen LogP contribution in [-0.2, 0) is 23.7 Å². The van der Waals surface area contributed by atoms with E-state index >= 15 is 0 Å². The smallest absolute Gasteiger partial charge is 0.306 e. The van der Waals surface area contributed by atoms with Gasteiger partial charge in [0.15, 0.2) is 6.29 Å². The molecule has 1 fully saturated rings. The Morgan fingerprint density at radius 3 is 1.53 bits per heavy atom. The minimum atomic E-state index is -1.55. The number of esters is 1. The lowest BCUT2D eigenvalue weighted by molar-refractivity contribution is -0.305. The summed E-state index contributed by atoms with van der Waals surface area (Å²) in [7, 11) is 0. The van der Waals surface area contributed by atoms with Crippen LogP contribution < -0.4 is 0 Å². The highest BCUT2D eigenvalue weighted by molar-refractivity contribution is 5.69. The number of allylic oxidation sites excluding steroid dienone is 10. The third-order valence-electron chi connectivity index (χ3n) is 10.9. The van der Waals surface area contributed by atoms with E-state index in [0.717, 1.165) is 38.5 Å². The van der Waals surface area contributed by atoms with Gasteiger partial charge in [-0.25, -0.2) is 0 Å². The van der Waals surface area contributed by atoms with Crippen molar-refractivity contribution in [1.29, 1.82) is 0 Å². The Balaban J connectivity index is 2.21. The molecule has 9 nitrogen and oxygen atoms in total. The first-order valence-electron chi connectivity index (χ1n) is 24.4. The molecule has 6 atom stereocenters. The number of hydrogen-bond acceptors (Lipinski definition) is 9. The number of carbonyl (C=O) groups excluding carboxylic acids is 1. The van der Waals surface area contributed by atoms with Crippen molar-refractivity contribution in [3.05, 3.63) is 60.8 Å². The van der Waals surface area contributed by atoms with Crippen molar-refractivity contribution in [2.24, 2.45) is 0 Å². The zero-order valence-electron chi connectivity index (χ0n) is 38.2. The lowest BCUT2D eigenvalue weighted by Crippen LogP contribution is -2.59. The van der Waals surface area contributed by atoms with Gasteiger partial charge in [-0.15, -0.1) is 0 Å². The molecule has 0 spiro atoms. The van der Waals surface area contributed by atoms with Crippen LogP contribution >= 0.6 is 0 Å². The van der Waals surface area contributed by atoms with Gasteiger partial charge in [-0.2, -0.15) is 0 Å². The monoisotopic (exact) mass is 847 g/mol. The van der Waals surface area contributed by atoms with Crippen LogP contribution in [0.1, 0.15) is 194 Å². The molecule has 4 N–H and O–H groups in total. The van der Waals surface area contributed by atoms with Gasteiger partial charge in [0.25, 0.3) is 0 Å². The summed E-state index contributed by atoms with van der Waals surface area (Å²) in [6.07, 6.45) is 47.1. The fourth-order valence-corrected chi connectivity index (χ4v) is 7.15. The second kappa shape index (κ2) is 42.2. The highest BCUT2D eigenvalue weighted by Gasteiger charge is 2.44. The molecule has 348 valence electrons. The van der Waals surface area contributed by atoms with Gasteiger partial charge < -0.3 is 39.4 Å². The summed E-state index contributed by atoms with van der Waals surface area (Å²) in [5, 5.41) is 40.1. The summed E-state index contributed by atoms with van der Waals surface area (Å²) in [5.41, 5.74) is 0. The van der Waals surface area contributed by atoms with Crippen LogP contribution in [-0.4, -0.2) is 89.6 Å². The molecule has 0 aliphatic carbocycles. The van der Waals surface area contributed by atoms with Crippen molar-refractivity contribution in [1.82, 2.24) is 0 Å². The van der Waals surface area contributed by atoms with Gasteiger partial charge in [0.2, 0.25) is 0 Å². The Morgan fingerprint density at radius 2 is 1.02 bits per heavy atom. The average Bonchev–Trinajstić information content (AvgIpc) is 3.25. The standard InChI is InChI=1S/C51H90O9/c1-3-5-7-9-11-13-15-17-18-19-20-21-22-23-24-25-26-27-29-31-33-35-37-39-41-57-43-45(44-58-51-50(56)49(55)48(54)46(42-52)60-51)59-47(53)40-38-36-34-32-30-28-16-14-12-10-8-6-4-2/h6,8,12,14,19-20,28,30,34,36,45-46,48-52,54-56H,3-5,7,9-11,13,15-18,21-27,29,31-33,35,37-44H2,1-2H3/b8-6-,14-12-,20-19-,30-28-,36-34-. The van der Waals surface area contributed by atoms with Gasteiger partial charge >= 0.3 is 5.97 Å². The highest BCUT2D eigenvalue weighted by Crippen LogP contribution is 2.22. The van der Waals surface area contributed by atoms with Crippen molar-refractivity contribution in [2.45, 2.75) is 230 Å². The van der Waals surface area contributed by atoms with Crippen molar-refractivity contribution in [3.8, 4) is 0 Å². The van der Waals surface area contributed by atoms with E-state index in [0.29, 0.717) is 13.0 Å². The van der Waals surface area contributed by atoms with Crippen molar-refractivity contribution in [2.75, 3.05) is 26.4 Å². The third kappa shape index (κ3) is 32.6. The Kier molecular flexibility index (Phi) is 39.3. The Bertz CT molecular complexity index is 1100. The molecule has 1 rings (SSSR count). The Hall–Kier alpha value is -2.11. The van der Waals surface area contributed by atoms with Crippen molar-refractivity contribution >= 4 is 5.97 Å². The average molecular weight is 847 g/mol. The van der Waals surface area contributed by atoms with Crippen LogP contribution in [0.2, 0.25) is 0 Å². The second-order valence-electron chi connectivity index (χ2n) is 16.5. The quantitative estimate of drug-likeness (QED) is 0.0269. The SMILES string of the molecule is CC/C=C\C/C=C\C/C=C\C/C=C\CCC(=O)OC(COCCCCCCCCCCCCCC/C=C\CCCCCCCCCC)COC1OC(CO)C(O)C(O)C1O. The molecular formula is C51H90O9. The highest BCUT2D eigenvalue weighted by atomic mass is 16.7. The van der Waals surface area contributed by atoms with Gasteiger partial charge in [-0.1, -0.05) is 184 Å². The van der Waals surface area contributed by atoms with Crippen LogP contribution in [0.5, 0.6) is 0 Å². The summed E-state index contributed by atoms with van der Waals surface area (Å²) >= 11 is 0. The molecule has 0 aromatic carbocycles. The topological polar surface area (TPSA) is 135 Å². The van der Waals surface area contributed by atoms with E-state index < -0.39 is 49.4 Å². The van der Waals surface area contributed by atoms with E-state index in [1.54, 1.807) is 0 Å². The molecule has 1 aliphatic rings. The minimum Gasteiger partial charge on any atom is -0.457 e. The first-order valence-corrected chi connectivity index (χ1v) is 24.4. The maximum atomic E-state index is 12.7. The molecule has 1 saturated heterocycles. The fourth-order valence-electron chi connectivity index (χ4n) is 7.15. The fraction of sp³-hybridized carbons (Fsp3) is 0.784. The number of rotatable bonds is 41. The number of carbonyl (C=O) groups is 1.